The van der Waals surface area contributed by atoms with E-state index in [1.54, 1.807) is 48.5 Å². The quantitative estimate of drug-likeness (QED) is 0.750. The van der Waals surface area contributed by atoms with E-state index in [9.17, 15) is 9.13 Å². The molecular weight excluding hydrogens is 302 g/mol. The van der Waals surface area contributed by atoms with Crippen molar-refractivity contribution in [3.05, 3.63) is 60.7 Å². The molecule has 0 saturated heterocycles. The first-order chi connectivity index (χ1) is 9.39. The molecule has 0 bridgehead atoms. The van der Waals surface area contributed by atoms with E-state index < -0.39 is 15.9 Å². The van der Waals surface area contributed by atoms with Crippen molar-refractivity contribution in [2.45, 2.75) is 0 Å². The molecule has 0 aliphatic carbocycles. The molecule has 0 fully saturated rings. The van der Waals surface area contributed by atoms with E-state index in [2.05, 4.69) is 4.52 Å². The molecular formula is C12H13O6P2+. The maximum absolute atomic E-state index is 10.5. The summed E-state index contributed by atoms with van der Waals surface area (Å²) in [7, 11) is -6.54. The van der Waals surface area contributed by atoms with Gasteiger partial charge < -0.3 is 9.79 Å². The minimum Gasteiger partial charge on any atom is -0.321 e. The minimum absolute atomic E-state index is 0.0648. The lowest BCUT2D eigenvalue weighted by Crippen LogP contribution is -2.01. The molecule has 2 aromatic carbocycles. The van der Waals surface area contributed by atoms with Crippen molar-refractivity contribution in [2.75, 3.05) is 0 Å². The van der Waals surface area contributed by atoms with Crippen molar-refractivity contribution >= 4 is 21.2 Å². The molecule has 0 saturated carbocycles. The molecule has 20 heavy (non-hydrogen) atoms. The Kier molecular flexibility index (Phi) is 6.52. The second-order valence-corrected chi connectivity index (χ2v) is 5.78. The number of benzene rings is 2. The zero-order valence-corrected chi connectivity index (χ0v) is 12.0. The summed E-state index contributed by atoms with van der Waals surface area (Å²) in [6.07, 6.45) is 0. The van der Waals surface area contributed by atoms with Crippen LogP contribution in [0.4, 0.5) is 0 Å². The van der Waals surface area contributed by atoms with E-state index in [1.165, 1.54) is 12.1 Å². The zero-order chi connectivity index (χ0) is 15.0. The van der Waals surface area contributed by atoms with Crippen LogP contribution in [-0.4, -0.2) is 14.7 Å². The fourth-order valence-corrected chi connectivity index (χ4v) is 2.06. The fourth-order valence-electron chi connectivity index (χ4n) is 1.19. The zero-order valence-electron chi connectivity index (χ0n) is 10.2. The van der Waals surface area contributed by atoms with Gasteiger partial charge >= 0.3 is 15.9 Å². The average molecular weight is 315 g/mol. The molecule has 6 nitrogen and oxygen atoms in total. The SMILES string of the molecule is O=P(O)(O)c1ccccc1.O=[P+](O)Oc1ccccc1. The number of rotatable bonds is 3. The van der Waals surface area contributed by atoms with Crippen LogP contribution in [0, 0.1) is 0 Å². The Labute approximate surface area is 116 Å². The topological polar surface area (TPSA) is 104 Å². The molecule has 8 heteroatoms. The molecule has 0 radical (unpaired) electrons. The maximum Gasteiger partial charge on any atom is 0.747 e. The maximum atomic E-state index is 10.5. The highest BCUT2D eigenvalue weighted by Crippen LogP contribution is 2.32. The summed E-state index contributed by atoms with van der Waals surface area (Å²) >= 11 is 0. The van der Waals surface area contributed by atoms with Gasteiger partial charge in [0.2, 0.25) is 0 Å². The van der Waals surface area contributed by atoms with Crippen LogP contribution in [0.3, 0.4) is 0 Å². The molecule has 0 aliphatic heterocycles. The predicted molar refractivity (Wildman–Crippen MR) is 75.0 cm³/mol. The van der Waals surface area contributed by atoms with Crippen LogP contribution in [-0.2, 0) is 9.13 Å². The number of hydrogen-bond donors (Lipinski definition) is 3. The Morgan fingerprint density at radius 1 is 0.900 bits per heavy atom. The normalized spacial score (nSPS) is 11.1. The predicted octanol–water partition coefficient (Wildman–Crippen LogP) is 2.20. The molecule has 0 spiro atoms. The van der Waals surface area contributed by atoms with Crippen molar-refractivity contribution in [3.8, 4) is 5.75 Å². The summed E-state index contributed by atoms with van der Waals surface area (Å²) in [4.78, 5) is 25.5. The van der Waals surface area contributed by atoms with Gasteiger partial charge in [0.1, 0.15) is 0 Å². The summed E-state index contributed by atoms with van der Waals surface area (Å²) in [5.41, 5.74) is 0. The van der Waals surface area contributed by atoms with Crippen LogP contribution >= 0.6 is 15.9 Å². The van der Waals surface area contributed by atoms with Crippen LogP contribution < -0.4 is 9.83 Å². The van der Waals surface area contributed by atoms with Crippen LogP contribution in [0.5, 0.6) is 5.75 Å². The van der Waals surface area contributed by atoms with Gasteiger partial charge in [0.25, 0.3) is 0 Å². The number of hydrogen-bond acceptors (Lipinski definition) is 3. The smallest absolute Gasteiger partial charge is 0.321 e. The summed E-state index contributed by atoms with van der Waals surface area (Å²) in [6, 6.07) is 16.2. The Balaban J connectivity index is 0.000000200. The van der Waals surface area contributed by atoms with E-state index in [0.29, 0.717) is 5.75 Å². The van der Waals surface area contributed by atoms with Gasteiger partial charge in [-0.05, 0) is 24.3 Å². The van der Waals surface area contributed by atoms with Crippen molar-refractivity contribution < 1.29 is 28.3 Å². The standard InChI is InChI=1S/C6H7O3P.C6H5O3P/c7-10(8,9)6-4-2-1-3-5-6;7-10(8)9-6-4-2-1-3-5-6/h1-5H,(H2,7,8,9);1-5H/p+1. The molecule has 0 aromatic heterocycles. The Hall–Kier alpha value is -1.55. The van der Waals surface area contributed by atoms with Gasteiger partial charge in [-0.3, -0.25) is 4.57 Å². The summed E-state index contributed by atoms with van der Waals surface area (Å²) < 4.78 is 25.1. The summed E-state index contributed by atoms with van der Waals surface area (Å²) in [6.45, 7) is 0. The monoisotopic (exact) mass is 315 g/mol. The highest BCUT2D eigenvalue weighted by molar-refractivity contribution is 7.60. The van der Waals surface area contributed by atoms with Crippen molar-refractivity contribution in [3.63, 3.8) is 0 Å². The van der Waals surface area contributed by atoms with Gasteiger partial charge in [-0.25, -0.2) is 4.52 Å². The van der Waals surface area contributed by atoms with Gasteiger partial charge in [-0.2, -0.15) is 0 Å². The minimum atomic E-state index is -4.02. The first kappa shape index (κ1) is 16.5. The van der Waals surface area contributed by atoms with Gasteiger partial charge in [0, 0.05) is 4.57 Å². The largest absolute Gasteiger partial charge is 0.747 e. The molecule has 1 atom stereocenters. The van der Waals surface area contributed by atoms with Gasteiger partial charge in [0.15, 0.2) is 5.75 Å². The average Bonchev–Trinajstić information content (AvgIpc) is 2.40. The first-order valence-electron chi connectivity index (χ1n) is 5.40. The lowest BCUT2D eigenvalue weighted by molar-refractivity contribution is 0.387. The third-order valence-corrected chi connectivity index (χ3v) is 3.36. The lowest BCUT2D eigenvalue weighted by Gasteiger charge is -2.00. The van der Waals surface area contributed by atoms with E-state index >= 15 is 0 Å². The molecule has 1 unspecified atom stereocenters. The molecule has 3 N–H and O–H groups in total. The van der Waals surface area contributed by atoms with Crippen molar-refractivity contribution in [2.24, 2.45) is 0 Å². The second kappa shape index (κ2) is 7.90. The molecule has 2 rings (SSSR count). The molecule has 0 aliphatic rings. The molecule has 0 amide bonds. The second-order valence-electron chi connectivity index (χ2n) is 3.52. The van der Waals surface area contributed by atoms with E-state index in [-0.39, 0.29) is 5.30 Å². The van der Waals surface area contributed by atoms with Crippen LogP contribution in [0.25, 0.3) is 0 Å². The summed E-state index contributed by atoms with van der Waals surface area (Å²) in [5, 5.41) is 0.0648. The Morgan fingerprint density at radius 3 is 1.70 bits per heavy atom. The third-order valence-electron chi connectivity index (χ3n) is 2.02. The molecule has 106 valence electrons. The van der Waals surface area contributed by atoms with Crippen molar-refractivity contribution in [1.29, 1.82) is 0 Å². The van der Waals surface area contributed by atoms with Crippen LogP contribution in [0.2, 0.25) is 0 Å². The summed E-state index contributed by atoms with van der Waals surface area (Å²) in [5.74, 6) is 0.408. The van der Waals surface area contributed by atoms with Crippen molar-refractivity contribution in [1.82, 2.24) is 0 Å². The first-order valence-corrected chi connectivity index (χ1v) is 8.14. The Bertz CT molecular complexity index is 581. The highest BCUT2D eigenvalue weighted by Gasteiger charge is 2.14. The lowest BCUT2D eigenvalue weighted by atomic mass is 10.3. The van der Waals surface area contributed by atoms with Gasteiger partial charge in [-0.1, -0.05) is 36.4 Å². The molecule has 0 heterocycles. The van der Waals surface area contributed by atoms with Crippen LogP contribution in [0.1, 0.15) is 0 Å². The van der Waals surface area contributed by atoms with Gasteiger partial charge in [0.05, 0.1) is 5.30 Å². The van der Waals surface area contributed by atoms with Gasteiger partial charge in [-0.15, -0.1) is 4.89 Å². The van der Waals surface area contributed by atoms with E-state index in [0.717, 1.165) is 0 Å². The number of para-hydroxylation sites is 1. The van der Waals surface area contributed by atoms with E-state index in [4.69, 9.17) is 14.7 Å². The third kappa shape index (κ3) is 6.57. The molecule has 2 aromatic rings. The Morgan fingerprint density at radius 2 is 1.35 bits per heavy atom. The van der Waals surface area contributed by atoms with Crippen LogP contribution in [0.15, 0.2) is 60.7 Å². The highest BCUT2D eigenvalue weighted by atomic mass is 31.2. The fraction of sp³-hybridized carbons (Fsp3) is 0. The van der Waals surface area contributed by atoms with E-state index in [1.807, 2.05) is 0 Å².